The lowest BCUT2D eigenvalue weighted by Gasteiger charge is -2.15. The van der Waals surface area contributed by atoms with E-state index in [1.165, 1.54) is 0 Å². The van der Waals surface area contributed by atoms with Crippen molar-refractivity contribution in [3.8, 4) is 0 Å². The highest BCUT2D eigenvalue weighted by atomic mass is 16.5. The van der Waals surface area contributed by atoms with Crippen LogP contribution in [0.2, 0.25) is 0 Å². The molecule has 0 aliphatic rings. The van der Waals surface area contributed by atoms with E-state index in [0.717, 1.165) is 41.2 Å². The van der Waals surface area contributed by atoms with E-state index < -0.39 is 0 Å². The van der Waals surface area contributed by atoms with Crippen molar-refractivity contribution in [1.29, 1.82) is 0 Å². The van der Waals surface area contributed by atoms with E-state index in [-0.39, 0.29) is 11.8 Å². The smallest absolute Gasteiger partial charge is 0.221 e. The molecule has 0 spiro atoms. The number of hydrogen-bond acceptors (Lipinski definition) is 4. The monoisotopic (exact) mass is 352 g/mol. The van der Waals surface area contributed by atoms with Gasteiger partial charge in [-0.05, 0) is 44.4 Å². The van der Waals surface area contributed by atoms with Gasteiger partial charge in [0.15, 0.2) is 0 Å². The standard InChI is InChI=1S/C21H24N2O3/c1-15-18(16(2)26-23-15)10-6-12-22-21(24)14-19(20-11-7-13-25-20)17-8-4-3-5-9-17/h3-5,7-9,11,13,19H,6,10,12,14H2,1-2H3,(H,22,24). The van der Waals surface area contributed by atoms with Crippen LogP contribution in [-0.2, 0) is 11.2 Å². The summed E-state index contributed by atoms with van der Waals surface area (Å²) >= 11 is 0. The minimum Gasteiger partial charge on any atom is -0.469 e. The molecule has 136 valence electrons. The first-order valence-corrected chi connectivity index (χ1v) is 8.92. The highest BCUT2D eigenvalue weighted by Crippen LogP contribution is 2.28. The fourth-order valence-electron chi connectivity index (χ4n) is 3.17. The summed E-state index contributed by atoms with van der Waals surface area (Å²) in [5, 5.41) is 6.97. The van der Waals surface area contributed by atoms with Crippen LogP contribution >= 0.6 is 0 Å². The van der Waals surface area contributed by atoms with Gasteiger partial charge < -0.3 is 14.3 Å². The van der Waals surface area contributed by atoms with Crippen LogP contribution in [0.15, 0.2) is 57.7 Å². The number of furan rings is 1. The van der Waals surface area contributed by atoms with Crippen LogP contribution in [0.5, 0.6) is 0 Å². The number of nitrogens with zero attached hydrogens (tertiary/aromatic N) is 1. The third-order valence-corrected chi connectivity index (χ3v) is 4.59. The van der Waals surface area contributed by atoms with Crippen LogP contribution < -0.4 is 5.32 Å². The van der Waals surface area contributed by atoms with Gasteiger partial charge >= 0.3 is 0 Å². The summed E-state index contributed by atoms with van der Waals surface area (Å²) in [4.78, 5) is 12.4. The molecule has 26 heavy (non-hydrogen) atoms. The largest absolute Gasteiger partial charge is 0.469 e. The zero-order chi connectivity index (χ0) is 18.4. The summed E-state index contributed by atoms with van der Waals surface area (Å²) in [6.45, 7) is 4.49. The van der Waals surface area contributed by atoms with E-state index in [2.05, 4.69) is 10.5 Å². The molecule has 2 heterocycles. The molecule has 3 rings (SSSR count). The van der Waals surface area contributed by atoms with Crippen molar-refractivity contribution < 1.29 is 13.7 Å². The van der Waals surface area contributed by atoms with Gasteiger partial charge in [-0.15, -0.1) is 0 Å². The molecule has 1 atom stereocenters. The van der Waals surface area contributed by atoms with Gasteiger partial charge in [0, 0.05) is 18.5 Å². The molecule has 1 unspecified atom stereocenters. The molecule has 1 aromatic carbocycles. The van der Waals surface area contributed by atoms with Crippen LogP contribution in [-0.4, -0.2) is 17.6 Å². The number of rotatable bonds is 8. The lowest BCUT2D eigenvalue weighted by Crippen LogP contribution is -2.26. The maximum atomic E-state index is 12.4. The normalized spacial score (nSPS) is 12.1. The van der Waals surface area contributed by atoms with Crippen molar-refractivity contribution in [2.45, 2.75) is 39.0 Å². The maximum absolute atomic E-state index is 12.4. The predicted octanol–water partition coefficient (Wildman–Crippen LogP) is 4.16. The quantitative estimate of drug-likeness (QED) is 0.618. The Morgan fingerprint density at radius 3 is 2.62 bits per heavy atom. The molecule has 0 radical (unpaired) electrons. The van der Waals surface area contributed by atoms with E-state index in [1.54, 1.807) is 6.26 Å². The van der Waals surface area contributed by atoms with Gasteiger partial charge in [-0.1, -0.05) is 35.5 Å². The first-order chi connectivity index (χ1) is 12.6. The summed E-state index contributed by atoms with van der Waals surface area (Å²) in [5.74, 6) is 1.61. The minimum atomic E-state index is -0.0752. The Morgan fingerprint density at radius 1 is 1.15 bits per heavy atom. The van der Waals surface area contributed by atoms with Crippen molar-refractivity contribution >= 4 is 5.91 Å². The topological polar surface area (TPSA) is 68.3 Å². The van der Waals surface area contributed by atoms with Crippen molar-refractivity contribution in [3.05, 3.63) is 77.1 Å². The molecule has 2 aromatic heterocycles. The van der Waals surface area contributed by atoms with Crippen molar-refractivity contribution in [2.75, 3.05) is 6.54 Å². The average Bonchev–Trinajstić information content (AvgIpc) is 3.29. The molecular weight excluding hydrogens is 328 g/mol. The van der Waals surface area contributed by atoms with Crippen molar-refractivity contribution in [3.63, 3.8) is 0 Å². The Hall–Kier alpha value is -2.82. The second-order valence-electron chi connectivity index (χ2n) is 6.44. The molecule has 0 fully saturated rings. The Bertz CT molecular complexity index is 803. The lowest BCUT2D eigenvalue weighted by molar-refractivity contribution is -0.121. The molecule has 5 nitrogen and oxygen atoms in total. The van der Waals surface area contributed by atoms with Crippen LogP contribution in [0.4, 0.5) is 0 Å². The summed E-state index contributed by atoms with van der Waals surface area (Å²) in [6, 6.07) is 13.8. The van der Waals surface area contributed by atoms with Gasteiger partial charge in [-0.2, -0.15) is 0 Å². The number of nitrogens with one attached hydrogen (secondary N) is 1. The minimum absolute atomic E-state index is 0.0222. The third-order valence-electron chi connectivity index (χ3n) is 4.59. The Labute approximate surface area is 153 Å². The molecule has 0 saturated carbocycles. The zero-order valence-corrected chi connectivity index (χ0v) is 15.2. The second-order valence-corrected chi connectivity index (χ2v) is 6.44. The predicted molar refractivity (Wildman–Crippen MR) is 98.9 cm³/mol. The van der Waals surface area contributed by atoms with Crippen molar-refractivity contribution in [1.82, 2.24) is 10.5 Å². The third kappa shape index (κ3) is 4.42. The van der Waals surface area contributed by atoms with Gasteiger partial charge in [0.25, 0.3) is 0 Å². The second kappa shape index (κ2) is 8.52. The molecule has 0 saturated heterocycles. The molecule has 0 aliphatic heterocycles. The molecule has 3 aromatic rings. The molecule has 1 N–H and O–H groups in total. The molecule has 5 heteroatoms. The fourth-order valence-corrected chi connectivity index (χ4v) is 3.17. The molecule has 0 aliphatic carbocycles. The number of carbonyl (C=O) groups is 1. The van der Waals surface area contributed by atoms with E-state index in [1.807, 2.05) is 56.3 Å². The van der Waals surface area contributed by atoms with Gasteiger partial charge in [-0.25, -0.2) is 0 Å². The summed E-state index contributed by atoms with van der Waals surface area (Å²) in [5.41, 5.74) is 3.14. The number of amides is 1. The van der Waals surface area contributed by atoms with Gasteiger partial charge in [0.1, 0.15) is 11.5 Å². The number of aromatic nitrogens is 1. The van der Waals surface area contributed by atoms with Gasteiger partial charge in [0.05, 0.1) is 17.9 Å². The van der Waals surface area contributed by atoms with Gasteiger partial charge in [-0.3, -0.25) is 4.79 Å². The van der Waals surface area contributed by atoms with Gasteiger partial charge in [0.2, 0.25) is 5.91 Å². The summed E-state index contributed by atoms with van der Waals surface area (Å²) < 4.78 is 10.7. The highest BCUT2D eigenvalue weighted by Gasteiger charge is 2.20. The average molecular weight is 352 g/mol. The van der Waals surface area contributed by atoms with Crippen LogP contribution in [0.25, 0.3) is 0 Å². The number of aryl methyl sites for hydroxylation is 2. The molecule has 1 amide bonds. The summed E-state index contributed by atoms with van der Waals surface area (Å²) in [6.07, 6.45) is 3.71. The Balaban J connectivity index is 1.54. The van der Waals surface area contributed by atoms with E-state index >= 15 is 0 Å². The Kier molecular flexibility index (Phi) is 5.89. The first-order valence-electron chi connectivity index (χ1n) is 8.92. The van der Waals surface area contributed by atoms with Crippen LogP contribution in [0.1, 0.15) is 47.1 Å². The fraction of sp³-hybridized carbons (Fsp3) is 0.333. The van der Waals surface area contributed by atoms with E-state index in [4.69, 9.17) is 8.94 Å². The Morgan fingerprint density at radius 2 is 1.96 bits per heavy atom. The molecule has 0 bridgehead atoms. The van der Waals surface area contributed by atoms with Crippen molar-refractivity contribution in [2.24, 2.45) is 0 Å². The maximum Gasteiger partial charge on any atom is 0.221 e. The summed E-state index contributed by atoms with van der Waals surface area (Å²) in [7, 11) is 0. The van der Waals surface area contributed by atoms with E-state index in [0.29, 0.717) is 13.0 Å². The van der Waals surface area contributed by atoms with Crippen LogP contribution in [0, 0.1) is 13.8 Å². The van der Waals surface area contributed by atoms with E-state index in [9.17, 15) is 4.79 Å². The zero-order valence-electron chi connectivity index (χ0n) is 15.2. The molecular formula is C21H24N2O3. The lowest BCUT2D eigenvalue weighted by atomic mass is 9.93. The number of hydrogen-bond donors (Lipinski definition) is 1. The highest BCUT2D eigenvalue weighted by molar-refractivity contribution is 5.77. The van der Waals surface area contributed by atoms with Crippen LogP contribution in [0.3, 0.4) is 0 Å². The first kappa shape index (κ1) is 18.0. The number of benzene rings is 1. The number of carbonyl (C=O) groups excluding carboxylic acids is 1. The SMILES string of the molecule is Cc1noc(C)c1CCCNC(=O)CC(c1ccccc1)c1ccco1.